The normalized spacial score (nSPS) is 18.3. The van der Waals surface area contributed by atoms with Crippen LogP contribution in [-0.2, 0) is 46.0 Å². The molecule has 2 aromatic heterocycles. The average molecular weight is 638 g/mol. The van der Waals surface area contributed by atoms with E-state index in [4.69, 9.17) is 21.1 Å². The van der Waals surface area contributed by atoms with E-state index >= 15 is 0 Å². The largest absolute Gasteiger partial charge is 0.472 e. The van der Waals surface area contributed by atoms with Crippen LogP contribution in [0.5, 0.6) is 5.88 Å². The Morgan fingerprint density at radius 3 is 2.80 bits per heavy atom. The molecule has 2 aromatic carbocycles. The average Bonchev–Trinajstić information content (AvgIpc) is 3.61. The molecule has 0 spiro atoms. The summed E-state index contributed by atoms with van der Waals surface area (Å²) in [6.07, 6.45) is 4.52. The van der Waals surface area contributed by atoms with Crippen LogP contribution in [0, 0.1) is 6.92 Å². The summed E-state index contributed by atoms with van der Waals surface area (Å²) in [5, 5.41) is 8.80. The topological polar surface area (TPSA) is 117 Å². The van der Waals surface area contributed by atoms with E-state index in [9.17, 15) is 13.2 Å². The molecule has 2 aliphatic rings. The fourth-order valence-electron chi connectivity index (χ4n) is 6.48. The maximum absolute atomic E-state index is 14.0. The van der Waals surface area contributed by atoms with Gasteiger partial charge in [0.05, 0.1) is 30.1 Å². The molecule has 1 aliphatic heterocycles. The highest BCUT2D eigenvalue weighted by Crippen LogP contribution is 2.39. The number of aromatic nitrogens is 4. The van der Waals surface area contributed by atoms with Gasteiger partial charge in [-0.2, -0.15) is 4.31 Å². The molecule has 4 aromatic rings. The SMILES string of the molecule is CCOC(=O)CC(c1cc2c(c(CN3C[C@@H](CC)Oc4ncc(Cl)cc4S3(=O)=O)c1)CCC2)c1ccc2c(nnn2C)c1C. The van der Waals surface area contributed by atoms with Crippen molar-refractivity contribution in [3.05, 3.63) is 74.9 Å². The van der Waals surface area contributed by atoms with Crippen molar-refractivity contribution in [3.63, 3.8) is 0 Å². The third-order valence-electron chi connectivity index (χ3n) is 8.75. The summed E-state index contributed by atoms with van der Waals surface area (Å²) in [6, 6.07) is 9.69. The smallest absolute Gasteiger partial charge is 0.306 e. The lowest BCUT2D eigenvalue weighted by molar-refractivity contribution is -0.143. The van der Waals surface area contributed by atoms with Crippen molar-refractivity contribution in [2.45, 2.75) is 76.3 Å². The number of esters is 1. The molecule has 0 bridgehead atoms. The Labute approximate surface area is 262 Å². The minimum absolute atomic E-state index is 0.0261. The first-order valence-electron chi connectivity index (χ1n) is 15.0. The van der Waals surface area contributed by atoms with Crippen LogP contribution in [0.15, 0.2) is 41.4 Å². The maximum atomic E-state index is 14.0. The van der Waals surface area contributed by atoms with Crippen molar-refractivity contribution < 1.29 is 22.7 Å². The number of aryl methyl sites for hydroxylation is 3. The number of hydrogen-bond donors (Lipinski definition) is 0. The zero-order valence-electron chi connectivity index (χ0n) is 25.3. The van der Waals surface area contributed by atoms with Gasteiger partial charge in [0.15, 0.2) is 0 Å². The summed E-state index contributed by atoms with van der Waals surface area (Å²) in [7, 11) is -2.12. The fraction of sp³-hybridized carbons (Fsp3) is 0.438. The lowest BCUT2D eigenvalue weighted by Gasteiger charge is -2.26. The molecule has 1 aliphatic carbocycles. The van der Waals surface area contributed by atoms with Gasteiger partial charge in [-0.3, -0.25) is 4.79 Å². The number of pyridine rings is 1. The third kappa shape index (κ3) is 5.57. The number of halogens is 1. The van der Waals surface area contributed by atoms with E-state index in [1.165, 1.54) is 27.7 Å². The lowest BCUT2D eigenvalue weighted by atomic mass is 9.83. The van der Waals surface area contributed by atoms with Gasteiger partial charge in [0.1, 0.15) is 16.5 Å². The molecule has 0 saturated heterocycles. The molecule has 10 nitrogen and oxygen atoms in total. The zero-order chi connectivity index (χ0) is 31.2. The molecular weight excluding hydrogens is 602 g/mol. The van der Waals surface area contributed by atoms with Gasteiger partial charge in [-0.1, -0.05) is 41.9 Å². The number of benzene rings is 2. The van der Waals surface area contributed by atoms with Crippen LogP contribution in [0.1, 0.15) is 72.4 Å². The Kier molecular flexibility index (Phi) is 8.38. The molecule has 2 atom stereocenters. The molecule has 0 radical (unpaired) electrons. The Morgan fingerprint density at radius 2 is 2.02 bits per heavy atom. The summed E-state index contributed by atoms with van der Waals surface area (Å²) in [5.41, 5.74) is 7.84. The summed E-state index contributed by atoms with van der Waals surface area (Å²) >= 11 is 6.19. The lowest BCUT2D eigenvalue weighted by Crippen LogP contribution is -2.36. The van der Waals surface area contributed by atoms with Gasteiger partial charge >= 0.3 is 5.97 Å². The fourth-order valence-corrected chi connectivity index (χ4v) is 8.25. The van der Waals surface area contributed by atoms with Crippen LogP contribution < -0.4 is 4.74 Å². The van der Waals surface area contributed by atoms with Gasteiger partial charge in [0.25, 0.3) is 0 Å². The number of ether oxygens (including phenoxy) is 2. The van der Waals surface area contributed by atoms with Crippen molar-refractivity contribution in [2.75, 3.05) is 13.2 Å². The number of sulfonamides is 1. The van der Waals surface area contributed by atoms with Crippen molar-refractivity contribution in [2.24, 2.45) is 7.05 Å². The standard InChI is InChI=1S/C32H36ClN5O5S/c1-5-24-18-38(44(40,41)29-14-23(33)16-34-32(29)43-24)17-22-13-21(12-20-8-7-9-26(20)22)27(15-30(39)42-6-2)25-10-11-28-31(19(25)3)35-36-37(28)4/h10-14,16,24,27H,5-9,15,17-18H2,1-4H3/t24-,27?/m1/s1. The Bertz CT molecular complexity index is 1860. The molecule has 12 heteroatoms. The second-order valence-electron chi connectivity index (χ2n) is 11.5. The third-order valence-corrected chi connectivity index (χ3v) is 10.8. The quantitative estimate of drug-likeness (QED) is 0.240. The second kappa shape index (κ2) is 12.1. The van der Waals surface area contributed by atoms with Crippen LogP contribution in [0.3, 0.4) is 0 Å². The first-order valence-corrected chi connectivity index (χ1v) is 16.8. The van der Waals surface area contributed by atoms with Crippen molar-refractivity contribution in [3.8, 4) is 5.88 Å². The predicted octanol–water partition coefficient (Wildman–Crippen LogP) is 5.26. The van der Waals surface area contributed by atoms with Crippen LogP contribution in [0.4, 0.5) is 0 Å². The summed E-state index contributed by atoms with van der Waals surface area (Å²) in [6.45, 7) is 6.40. The van der Waals surface area contributed by atoms with Gasteiger partial charge in [-0.15, -0.1) is 5.10 Å². The minimum Gasteiger partial charge on any atom is -0.472 e. The maximum Gasteiger partial charge on any atom is 0.306 e. The highest BCUT2D eigenvalue weighted by molar-refractivity contribution is 7.89. The molecular formula is C32H36ClN5O5S. The van der Waals surface area contributed by atoms with Gasteiger partial charge in [-0.05, 0) is 85.0 Å². The molecule has 44 heavy (non-hydrogen) atoms. The molecule has 232 valence electrons. The van der Waals surface area contributed by atoms with E-state index in [2.05, 4.69) is 27.4 Å². The number of hydrogen-bond acceptors (Lipinski definition) is 8. The Balaban J connectivity index is 1.46. The van der Waals surface area contributed by atoms with Crippen molar-refractivity contribution in [1.29, 1.82) is 0 Å². The predicted molar refractivity (Wildman–Crippen MR) is 166 cm³/mol. The van der Waals surface area contributed by atoms with Crippen molar-refractivity contribution in [1.82, 2.24) is 24.3 Å². The molecule has 1 unspecified atom stereocenters. The molecule has 3 heterocycles. The van der Waals surface area contributed by atoms with Crippen molar-refractivity contribution >= 4 is 38.6 Å². The number of carbonyl (C=O) groups excluding carboxylic acids is 1. The van der Waals surface area contributed by atoms with Gasteiger partial charge < -0.3 is 9.47 Å². The number of carbonyl (C=O) groups is 1. The van der Waals surface area contributed by atoms with Gasteiger partial charge in [0, 0.05) is 25.7 Å². The summed E-state index contributed by atoms with van der Waals surface area (Å²) in [5.74, 6) is -0.536. The highest BCUT2D eigenvalue weighted by atomic mass is 35.5. The number of nitrogens with zero attached hydrogens (tertiary/aromatic N) is 5. The molecule has 0 N–H and O–H groups in total. The molecule has 0 amide bonds. The van der Waals surface area contributed by atoms with Crippen LogP contribution in [0.25, 0.3) is 11.0 Å². The van der Waals surface area contributed by atoms with E-state index in [1.807, 2.05) is 33.0 Å². The second-order valence-corrected chi connectivity index (χ2v) is 13.8. The highest BCUT2D eigenvalue weighted by Gasteiger charge is 2.36. The van der Waals surface area contributed by atoms with E-state index < -0.39 is 10.0 Å². The van der Waals surface area contributed by atoms with Crippen LogP contribution >= 0.6 is 11.6 Å². The first-order chi connectivity index (χ1) is 21.1. The van der Waals surface area contributed by atoms with E-state index in [0.29, 0.717) is 6.42 Å². The minimum atomic E-state index is -3.97. The summed E-state index contributed by atoms with van der Waals surface area (Å²) < 4.78 is 42.8. The van der Waals surface area contributed by atoms with E-state index in [-0.39, 0.29) is 59.9 Å². The Hall–Kier alpha value is -3.54. The summed E-state index contributed by atoms with van der Waals surface area (Å²) in [4.78, 5) is 17.2. The van der Waals surface area contributed by atoms with Gasteiger partial charge in [-0.25, -0.2) is 18.1 Å². The monoisotopic (exact) mass is 637 g/mol. The number of fused-ring (bicyclic) bond motifs is 3. The first kappa shape index (κ1) is 30.5. The number of rotatable bonds is 8. The molecule has 6 rings (SSSR count). The van der Waals surface area contributed by atoms with Gasteiger partial charge in [0.2, 0.25) is 15.9 Å². The van der Waals surface area contributed by atoms with E-state index in [1.54, 1.807) is 11.6 Å². The zero-order valence-corrected chi connectivity index (χ0v) is 26.9. The van der Waals surface area contributed by atoms with Crippen LogP contribution in [-0.4, -0.2) is 57.9 Å². The molecule has 0 saturated carbocycles. The van der Waals surface area contributed by atoms with Crippen LogP contribution in [0.2, 0.25) is 5.02 Å². The molecule has 0 fully saturated rings. The van der Waals surface area contributed by atoms with E-state index in [0.717, 1.165) is 52.5 Å². The Morgan fingerprint density at radius 1 is 1.20 bits per heavy atom.